The number of aliphatic carboxylic acids is 1. The molecule has 0 aliphatic carbocycles. The maximum absolute atomic E-state index is 14.9. The van der Waals surface area contributed by atoms with E-state index in [-0.39, 0.29) is 29.8 Å². The van der Waals surface area contributed by atoms with Crippen LogP contribution in [-0.4, -0.2) is 28.8 Å². The first-order valence-corrected chi connectivity index (χ1v) is 15.6. The average Bonchev–Trinajstić information content (AvgIpc) is 3.06. The van der Waals surface area contributed by atoms with Crippen LogP contribution in [0.2, 0.25) is 0 Å². The highest BCUT2D eigenvalue weighted by Crippen LogP contribution is 2.26. The standard InChI is InChI=1S/C38H41FN2O4/c1-3-4-5-7-12-26(2)37(43)40-25-28-19-22-33(39)32(23-28)29-20-17-27(18-21-29)24-35(38(44)45)41-34-16-11-10-15-31(34)36(42)30-13-8-6-9-14-30/h6,8-11,13-23,26,35,41H,3-5,7,12,24-25H2,1-2H3,(H,40,43)(H,44,45). The molecule has 6 nitrogen and oxygen atoms in total. The molecule has 7 heteroatoms. The fourth-order valence-corrected chi connectivity index (χ4v) is 5.27. The second-order valence-corrected chi connectivity index (χ2v) is 11.5. The van der Waals surface area contributed by atoms with Gasteiger partial charge in [-0.15, -0.1) is 0 Å². The lowest BCUT2D eigenvalue weighted by Gasteiger charge is -2.18. The molecule has 0 aliphatic heterocycles. The molecule has 4 aromatic rings. The van der Waals surface area contributed by atoms with Gasteiger partial charge in [0.05, 0.1) is 0 Å². The van der Waals surface area contributed by atoms with Crippen LogP contribution < -0.4 is 10.6 Å². The number of nitrogens with one attached hydrogen (secondary N) is 2. The van der Waals surface area contributed by atoms with Crippen molar-refractivity contribution in [1.82, 2.24) is 5.32 Å². The number of para-hydroxylation sites is 1. The fourth-order valence-electron chi connectivity index (χ4n) is 5.27. The van der Waals surface area contributed by atoms with Crippen molar-refractivity contribution in [1.29, 1.82) is 0 Å². The number of hydrogen-bond donors (Lipinski definition) is 3. The summed E-state index contributed by atoms with van der Waals surface area (Å²) in [6.07, 6.45) is 5.49. The molecule has 4 rings (SSSR count). The first kappa shape index (κ1) is 33.1. The van der Waals surface area contributed by atoms with Gasteiger partial charge in [0.2, 0.25) is 5.91 Å². The lowest BCUT2D eigenvalue weighted by molar-refractivity contribution is -0.137. The maximum atomic E-state index is 14.9. The third kappa shape index (κ3) is 9.35. The molecule has 1 amide bonds. The van der Waals surface area contributed by atoms with Gasteiger partial charge >= 0.3 is 5.97 Å². The third-order valence-corrected chi connectivity index (χ3v) is 7.98. The summed E-state index contributed by atoms with van der Waals surface area (Å²) in [7, 11) is 0. The summed E-state index contributed by atoms with van der Waals surface area (Å²) in [4.78, 5) is 37.9. The summed E-state index contributed by atoms with van der Waals surface area (Å²) in [5, 5.41) is 16.0. The molecule has 234 valence electrons. The second-order valence-electron chi connectivity index (χ2n) is 11.5. The highest BCUT2D eigenvalue weighted by Gasteiger charge is 2.22. The number of unbranched alkanes of at least 4 members (excludes halogenated alkanes) is 3. The van der Waals surface area contributed by atoms with E-state index in [1.807, 2.05) is 13.0 Å². The van der Waals surface area contributed by atoms with Crippen molar-refractivity contribution in [2.75, 3.05) is 5.32 Å². The SMILES string of the molecule is CCCCCCC(C)C(=O)NCc1ccc(F)c(-c2ccc(CC(Nc3ccccc3C(=O)c3ccccc3)C(=O)O)cc2)c1. The minimum Gasteiger partial charge on any atom is -0.480 e. The largest absolute Gasteiger partial charge is 0.480 e. The monoisotopic (exact) mass is 608 g/mol. The number of carboxylic acid groups (broad SMARTS) is 1. The zero-order chi connectivity index (χ0) is 32.2. The number of amides is 1. The molecule has 0 saturated carbocycles. The summed E-state index contributed by atoms with van der Waals surface area (Å²) in [5.74, 6) is -1.72. The van der Waals surface area contributed by atoms with Gasteiger partial charge in [-0.25, -0.2) is 9.18 Å². The molecule has 45 heavy (non-hydrogen) atoms. The molecular formula is C38H41FN2O4. The summed E-state index contributed by atoms with van der Waals surface area (Å²) >= 11 is 0. The molecular weight excluding hydrogens is 567 g/mol. The van der Waals surface area contributed by atoms with Crippen LogP contribution in [0.3, 0.4) is 0 Å². The molecule has 4 aromatic carbocycles. The van der Waals surface area contributed by atoms with E-state index in [0.717, 1.165) is 36.8 Å². The lowest BCUT2D eigenvalue weighted by atomic mass is 9.98. The third-order valence-electron chi connectivity index (χ3n) is 7.98. The minimum absolute atomic E-state index is 0.00428. The Morgan fingerprint density at radius 3 is 2.22 bits per heavy atom. The second kappa shape index (κ2) is 16.3. The number of benzene rings is 4. The summed E-state index contributed by atoms with van der Waals surface area (Å²) in [6, 6.07) is 26.6. The predicted molar refractivity (Wildman–Crippen MR) is 177 cm³/mol. The van der Waals surface area contributed by atoms with Crippen LogP contribution in [0.1, 0.15) is 73.0 Å². The van der Waals surface area contributed by atoms with Crippen LogP contribution >= 0.6 is 0 Å². The van der Waals surface area contributed by atoms with Crippen molar-refractivity contribution < 1.29 is 23.9 Å². The number of halogens is 1. The van der Waals surface area contributed by atoms with Crippen molar-refractivity contribution in [3.8, 4) is 11.1 Å². The topological polar surface area (TPSA) is 95.5 Å². The van der Waals surface area contributed by atoms with Gasteiger partial charge in [-0.1, -0.05) is 112 Å². The normalized spacial score (nSPS) is 12.2. The Bertz CT molecular complexity index is 1590. The van der Waals surface area contributed by atoms with Crippen molar-refractivity contribution in [2.24, 2.45) is 5.92 Å². The highest BCUT2D eigenvalue weighted by atomic mass is 19.1. The van der Waals surface area contributed by atoms with Crippen molar-refractivity contribution in [3.05, 3.63) is 125 Å². The van der Waals surface area contributed by atoms with E-state index < -0.39 is 12.0 Å². The van der Waals surface area contributed by atoms with E-state index in [4.69, 9.17) is 0 Å². The molecule has 0 saturated heterocycles. The quantitative estimate of drug-likeness (QED) is 0.0884. The Morgan fingerprint density at radius 2 is 1.51 bits per heavy atom. The fraction of sp³-hybridized carbons (Fsp3) is 0.289. The van der Waals surface area contributed by atoms with Crippen LogP contribution in [0.4, 0.5) is 10.1 Å². The van der Waals surface area contributed by atoms with E-state index in [0.29, 0.717) is 34.5 Å². The van der Waals surface area contributed by atoms with Gasteiger partial charge in [-0.3, -0.25) is 9.59 Å². The molecule has 0 aliphatic rings. The van der Waals surface area contributed by atoms with Crippen LogP contribution in [0.25, 0.3) is 11.1 Å². The highest BCUT2D eigenvalue weighted by molar-refractivity contribution is 6.12. The van der Waals surface area contributed by atoms with Crippen molar-refractivity contribution >= 4 is 23.3 Å². The van der Waals surface area contributed by atoms with Gasteiger partial charge in [-0.05, 0) is 47.4 Å². The predicted octanol–water partition coefficient (Wildman–Crippen LogP) is 8.05. The first-order chi connectivity index (χ1) is 21.8. The minimum atomic E-state index is -1.06. The Labute approximate surface area is 264 Å². The Kier molecular flexibility index (Phi) is 12.0. The number of carbonyl (C=O) groups excluding carboxylic acids is 2. The number of ketones is 1. The van der Waals surface area contributed by atoms with Crippen LogP contribution in [-0.2, 0) is 22.6 Å². The van der Waals surface area contributed by atoms with E-state index >= 15 is 0 Å². The van der Waals surface area contributed by atoms with Gasteiger partial charge in [0, 0.05) is 41.3 Å². The van der Waals surface area contributed by atoms with Crippen LogP contribution in [0, 0.1) is 11.7 Å². The number of rotatable bonds is 16. The smallest absolute Gasteiger partial charge is 0.326 e. The number of hydrogen-bond acceptors (Lipinski definition) is 4. The Hall–Kier alpha value is -4.78. The van der Waals surface area contributed by atoms with E-state index in [2.05, 4.69) is 17.6 Å². The van der Waals surface area contributed by atoms with Gasteiger partial charge in [-0.2, -0.15) is 0 Å². The molecule has 0 heterocycles. The Balaban J connectivity index is 1.42. The molecule has 2 atom stereocenters. The molecule has 0 radical (unpaired) electrons. The van der Waals surface area contributed by atoms with Gasteiger partial charge in [0.15, 0.2) is 5.78 Å². The van der Waals surface area contributed by atoms with E-state index in [1.165, 1.54) is 12.5 Å². The molecule has 0 aromatic heterocycles. The van der Waals surface area contributed by atoms with Gasteiger partial charge < -0.3 is 15.7 Å². The van der Waals surface area contributed by atoms with Crippen molar-refractivity contribution in [3.63, 3.8) is 0 Å². The van der Waals surface area contributed by atoms with Gasteiger partial charge in [0.25, 0.3) is 0 Å². The van der Waals surface area contributed by atoms with Gasteiger partial charge in [0.1, 0.15) is 11.9 Å². The molecule has 3 N–H and O–H groups in total. The molecule has 0 spiro atoms. The number of anilines is 1. The number of carbonyl (C=O) groups is 3. The molecule has 0 bridgehead atoms. The van der Waals surface area contributed by atoms with Crippen LogP contribution in [0.5, 0.6) is 0 Å². The number of carboxylic acids is 1. The lowest BCUT2D eigenvalue weighted by Crippen LogP contribution is -2.32. The van der Waals surface area contributed by atoms with Crippen molar-refractivity contribution in [2.45, 2.75) is 65.0 Å². The zero-order valence-electron chi connectivity index (χ0n) is 25.9. The first-order valence-electron chi connectivity index (χ1n) is 15.6. The Morgan fingerprint density at radius 1 is 0.822 bits per heavy atom. The zero-order valence-corrected chi connectivity index (χ0v) is 25.9. The summed E-state index contributed by atoms with van der Waals surface area (Å²) in [6.45, 7) is 4.41. The average molecular weight is 609 g/mol. The maximum Gasteiger partial charge on any atom is 0.326 e. The summed E-state index contributed by atoms with van der Waals surface area (Å²) in [5.41, 5.74) is 3.92. The van der Waals surface area contributed by atoms with E-state index in [9.17, 15) is 23.9 Å². The summed E-state index contributed by atoms with van der Waals surface area (Å²) < 4.78 is 14.9. The molecule has 2 unspecified atom stereocenters. The van der Waals surface area contributed by atoms with E-state index in [1.54, 1.807) is 84.9 Å². The van der Waals surface area contributed by atoms with Crippen LogP contribution in [0.15, 0.2) is 97.1 Å². The molecule has 0 fully saturated rings.